The van der Waals surface area contributed by atoms with Gasteiger partial charge in [0.05, 0.1) is 17.3 Å². The van der Waals surface area contributed by atoms with E-state index < -0.39 is 0 Å². The Bertz CT molecular complexity index is 365. The van der Waals surface area contributed by atoms with Gasteiger partial charge in [0, 0.05) is 22.9 Å². The second-order valence-electron chi connectivity index (χ2n) is 2.58. The van der Waals surface area contributed by atoms with Crippen LogP contribution in [0.4, 0.5) is 5.69 Å². The lowest BCUT2D eigenvalue weighted by Gasteiger charge is -2.11. The highest BCUT2D eigenvalue weighted by Crippen LogP contribution is 2.39. The van der Waals surface area contributed by atoms with E-state index in [1.165, 1.54) is 4.90 Å². The van der Waals surface area contributed by atoms with Crippen LogP contribution in [0.1, 0.15) is 0 Å². The smallest absolute Gasteiger partial charge is 0.135 e. The van der Waals surface area contributed by atoms with E-state index in [4.69, 9.17) is 4.74 Å². The number of benzene rings is 1. The largest absolute Gasteiger partial charge is 0.495 e. The summed E-state index contributed by atoms with van der Waals surface area (Å²) in [7, 11) is 1.66. The molecule has 68 valence electrons. The monoisotopic (exact) mass is 257 g/mol. The third-order valence-corrected chi connectivity index (χ3v) is 3.35. The van der Waals surface area contributed by atoms with Gasteiger partial charge in [-0.2, -0.15) is 0 Å². The predicted octanol–water partition coefficient (Wildman–Crippen LogP) is 3.27. The summed E-state index contributed by atoms with van der Waals surface area (Å²) in [6.45, 7) is 0. The number of ether oxygens (including phenoxy) is 1. The zero-order valence-electron chi connectivity index (χ0n) is 7.08. The van der Waals surface area contributed by atoms with Gasteiger partial charge in [-0.1, -0.05) is 0 Å². The van der Waals surface area contributed by atoms with Crippen molar-refractivity contribution in [2.75, 3.05) is 12.9 Å². The van der Waals surface area contributed by atoms with Crippen LogP contribution in [0.25, 0.3) is 0 Å². The molecule has 1 aliphatic rings. The quantitative estimate of drug-likeness (QED) is 0.771. The first-order valence-corrected chi connectivity index (χ1v) is 5.62. The molecule has 0 unspecified atom stereocenters. The first-order valence-electron chi connectivity index (χ1n) is 3.84. The highest BCUT2D eigenvalue weighted by molar-refractivity contribution is 9.10. The maximum absolute atomic E-state index is 5.18. The lowest BCUT2D eigenvalue weighted by atomic mass is 10.3. The van der Waals surface area contributed by atoms with E-state index in [-0.39, 0.29) is 0 Å². The van der Waals surface area contributed by atoms with Gasteiger partial charge in [-0.05, 0) is 22.0 Å². The topological polar surface area (TPSA) is 21.6 Å². The second kappa shape index (κ2) is 3.72. The second-order valence-corrected chi connectivity index (χ2v) is 4.49. The van der Waals surface area contributed by atoms with E-state index >= 15 is 0 Å². The van der Waals surface area contributed by atoms with Crippen molar-refractivity contribution in [1.29, 1.82) is 0 Å². The first-order chi connectivity index (χ1) is 6.31. The minimum atomic E-state index is 0.832. The number of thioether (sulfide) groups is 1. The summed E-state index contributed by atoms with van der Waals surface area (Å²) >= 11 is 5.23. The van der Waals surface area contributed by atoms with Crippen molar-refractivity contribution < 1.29 is 4.74 Å². The Hall–Kier alpha value is -0.480. The molecule has 1 aromatic rings. The Morgan fingerprint density at radius 2 is 2.38 bits per heavy atom. The van der Waals surface area contributed by atoms with Crippen molar-refractivity contribution in [3.8, 4) is 5.75 Å². The molecular weight excluding hydrogens is 250 g/mol. The highest BCUT2D eigenvalue weighted by Gasteiger charge is 2.10. The van der Waals surface area contributed by atoms with Crippen LogP contribution in [0.15, 0.2) is 26.5 Å². The summed E-state index contributed by atoms with van der Waals surface area (Å²) in [5.41, 5.74) is 0.997. The van der Waals surface area contributed by atoms with Crippen LogP contribution in [0.2, 0.25) is 0 Å². The van der Waals surface area contributed by atoms with Gasteiger partial charge in [0.2, 0.25) is 0 Å². The molecule has 2 rings (SSSR count). The molecule has 0 amide bonds. The summed E-state index contributed by atoms with van der Waals surface area (Å²) in [5, 5.41) is 0. The van der Waals surface area contributed by atoms with Gasteiger partial charge in [-0.15, -0.1) is 11.8 Å². The normalized spacial score (nSPS) is 14.0. The van der Waals surface area contributed by atoms with Crippen molar-refractivity contribution in [2.45, 2.75) is 4.90 Å². The molecule has 0 aliphatic carbocycles. The van der Waals surface area contributed by atoms with Crippen LogP contribution in [0.3, 0.4) is 0 Å². The van der Waals surface area contributed by atoms with Crippen molar-refractivity contribution in [1.82, 2.24) is 0 Å². The number of methoxy groups -OCH3 is 1. The van der Waals surface area contributed by atoms with Crippen LogP contribution in [0, 0.1) is 0 Å². The summed E-state index contributed by atoms with van der Waals surface area (Å²) in [6.07, 6.45) is 1.92. The van der Waals surface area contributed by atoms with Crippen LogP contribution in [-0.2, 0) is 0 Å². The Morgan fingerprint density at radius 1 is 1.54 bits per heavy atom. The van der Waals surface area contributed by atoms with Gasteiger partial charge in [0.15, 0.2) is 0 Å². The van der Waals surface area contributed by atoms with E-state index in [1.807, 2.05) is 12.3 Å². The van der Waals surface area contributed by atoms with E-state index in [0.717, 1.165) is 21.7 Å². The molecule has 0 fully saturated rings. The summed E-state index contributed by atoms with van der Waals surface area (Å²) in [6, 6.07) is 4.00. The summed E-state index contributed by atoms with van der Waals surface area (Å²) in [5.74, 6) is 1.78. The highest BCUT2D eigenvalue weighted by atomic mass is 79.9. The maximum atomic E-state index is 5.18. The average Bonchev–Trinajstić information content (AvgIpc) is 2.17. The van der Waals surface area contributed by atoms with Crippen molar-refractivity contribution >= 4 is 39.6 Å². The van der Waals surface area contributed by atoms with Crippen molar-refractivity contribution in [3.63, 3.8) is 0 Å². The van der Waals surface area contributed by atoms with Crippen molar-refractivity contribution in [3.05, 3.63) is 16.6 Å². The fourth-order valence-electron chi connectivity index (χ4n) is 1.16. The molecule has 1 heterocycles. The molecule has 0 spiro atoms. The van der Waals surface area contributed by atoms with E-state index in [0.29, 0.717) is 0 Å². The van der Waals surface area contributed by atoms with E-state index in [1.54, 1.807) is 18.9 Å². The Labute approximate surface area is 89.5 Å². The molecule has 0 N–H and O–H groups in total. The summed E-state index contributed by atoms with van der Waals surface area (Å²) in [4.78, 5) is 5.50. The molecule has 13 heavy (non-hydrogen) atoms. The fourth-order valence-corrected chi connectivity index (χ4v) is 2.61. The van der Waals surface area contributed by atoms with Crippen LogP contribution in [-0.4, -0.2) is 19.1 Å². The first kappa shape index (κ1) is 9.09. The number of aliphatic imine (C=N–C) groups is 1. The molecule has 1 aliphatic heterocycles. The standard InChI is InChI=1S/C9H8BrNOS/c1-12-8-5-7-9(4-6(8)10)13-3-2-11-7/h2,4-5H,3H2,1H3. The zero-order chi connectivity index (χ0) is 9.26. The van der Waals surface area contributed by atoms with Crippen LogP contribution >= 0.6 is 27.7 Å². The van der Waals surface area contributed by atoms with Gasteiger partial charge in [-0.25, -0.2) is 0 Å². The lowest BCUT2D eigenvalue weighted by Crippen LogP contribution is -1.91. The SMILES string of the molecule is COc1cc2c(cc1Br)SCC=N2. The van der Waals surface area contributed by atoms with Crippen LogP contribution < -0.4 is 4.74 Å². The number of hydrogen-bond acceptors (Lipinski definition) is 3. The minimum absolute atomic E-state index is 0.832. The van der Waals surface area contributed by atoms with Crippen LogP contribution in [0.5, 0.6) is 5.75 Å². The van der Waals surface area contributed by atoms with E-state index in [9.17, 15) is 0 Å². The number of rotatable bonds is 1. The lowest BCUT2D eigenvalue weighted by molar-refractivity contribution is 0.412. The number of halogens is 1. The van der Waals surface area contributed by atoms with E-state index in [2.05, 4.69) is 27.0 Å². The van der Waals surface area contributed by atoms with Gasteiger partial charge in [-0.3, -0.25) is 4.99 Å². The molecule has 2 nitrogen and oxygen atoms in total. The third-order valence-electron chi connectivity index (χ3n) is 1.78. The summed E-state index contributed by atoms with van der Waals surface area (Å²) < 4.78 is 6.17. The Balaban J connectivity index is 2.52. The molecule has 0 atom stereocenters. The molecule has 0 saturated carbocycles. The van der Waals surface area contributed by atoms with Crippen molar-refractivity contribution in [2.24, 2.45) is 4.99 Å². The number of fused-ring (bicyclic) bond motifs is 1. The Morgan fingerprint density at radius 3 is 3.15 bits per heavy atom. The van der Waals surface area contributed by atoms with Gasteiger partial charge < -0.3 is 4.74 Å². The zero-order valence-corrected chi connectivity index (χ0v) is 9.48. The fraction of sp³-hybridized carbons (Fsp3) is 0.222. The molecule has 0 saturated heterocycles. The van der Waals surface area contributed by atoms with Gasteiger partial charge in [0.25, 0.3) is 0 Å². The molecule has 0 radical (unpaired) electrons. The third kappa shape index (κ3) is 1.74. The molecule has 0 bridgehead atoms. The average molecular weight is 258 g/mol. The minimum Gasteiger partial charge on any atom is -0.495 e. The molecular formula is C9H8BrNOS. The number of nitrogens with zero attached hydrogens (tertiary/aromatic N) is 1. The molecule has 0 aromatic heterocycles. The van der Waals surface area contributed by atoms with Gasteiger partial charge in [0.1, 0.15) is 5.75 Å². The molecule has 4 heteroatoms. The Kier molecular flexibility index (Phi) is 2.60. The van der Waals surface area contributed by atoms with Gasteiger partial charge >= 0.3 is 0 Å². The molecule has 1 aromatic carbocycles. The number of hydrogen-bond donors (Lipinski definition) is 0. The maximum Gasteiger partial charge on any atom is 0.135 e. The predicted molar refractivity (Wildman–Crippen MR) is 59.6 cm³/mol.